The van der Waals surface area contributed by atoms with Crippen LogP contribution in [-0.2, 0) is 26.1 Å². The number of hydrogen-bond donors (Lipinski definition) is 0. The number of carbonyl (C=O) groups is 1. The van der Waals surface area contributed by atoms with Gasteiger partial charge in [0.25, 0.3) is 0 Å². The first-order chi connectivity index (χ1) is 11.3. The average molecular weight is 347 g/mol. The highest BCUT2D eigenvalue weighted by atomic mass is 32.2. The average Bonchev–Trinajstić information content (AvgIpc) is 2.57. The second kappa shape index (κ2) is 7.59. The number of sulfonamides is 1. The molecule has 0 fully saturated rings. The smallest absolute Gasteiger partial charge is 0.321 e. The van der Waals surface area contributed by atoms with Crippen molar-refractivity contribution in [1.29, 1.82) is 0 Å². The number of carbonyl (C=O) groups excluding carboxylic acids is 1. The van der Waals surface area contributed by atoms with Gasteiger partial charge in [-0.05, 0) is 42.7 Å². The molecule has 0 aliphatic heterocycles. The summed E-state index contributed by atoms with van der Waals surface area (Å²) in [6.07, 6.45) is 0. The number of rotatable bonds is 6. The van der Waals surface area contributed by atoms with Gasteiger partial charge in [0.15, 0.2) is 0 Å². The fourth-order valence-electron chi connectivity index (χ4n) is 2.24. The van der Waals surface area contributed by atoms with E-state index in [-0.39, 0.29) is 18.0 Å². The van der Waals surface area contributed by atoms with Gasteiger partial charge in [0.1, 0.15) is 6.54 Å². The maximum absolute atomic E-state index is 13.0. The normalized spacial score (nSPS) is 11.5. The third-order valence-electron chi connectivity index (χ3n) is 3.85. The van der Waals surface area contributed by atoms with E-state index < -0.39 is 16.0 Å². The Hall–Kier alpha value is -2.18. The minimum atomic E-state index is -3.81. The van der Waals surface area contributed by atoms with Crippen LogP contribution in [0.1, 0.15) is 16.7 Å². The number of hydrogen-bond acceptors (Lipinski definition) is 4. The highest BCUT2D eigenvalue weighted by Gasteiger charge is 2.27. The highest BCUT2D eigenvalue weighted by Crippen LogP contribution is 2.21. The third kappa shape index (κ3) is 4.21. The van der Waals surface area contributed by atoms with E-state index in [2.05, 4.69) is 4.74 Å². The van der Waals surface area contributed by atoms with Crippen molar-refractivity contribution in [3.8, 4) is 0 Å². The lowest BCUT2D eigenvalue weighted by Crippen LogP contribution is -2.35. The van der Waals surface area contributed by atoms with Crippen molar-refractivity contribution in [3.63, 3.8) is 0 Å². The largest absolute Gasteiger partial charge is 0.468 e. The van der Waals surface area contributed by atoms with E-state index in [0.29, 0.717) is 0 Å². The standard InChI is InChI=1S/C18H21NO4S/c1-14-9-10-17(11-15(14)2)24(21,22)19(13-18(20)23-3)12-16-7-5-4-6-8-16/h4-11H,12-13H2,1-3H3. The molecule has 24 heavy (non-hydrogen) atoms. The van der Waals surface area contributed by atoms with Crippen molar-refractivity contribution in [2.45, 2.75) is 25.3 Å². The molecule has 0 aliphatic rings. The van der Waals surface area contributed by atoms with Crippen LogP contribution in [0, 0.1) is 13.8 Å². The Morgan fingerprint density at radius 1 is 1.04 bits per heavy atom. The van der Waals surface area contributed by atoms with Crippen molar-refractivity contribution in [2.75, 3.05) is 13.7 Å². The second-order valence-electron chi connectivity index (χ2n) is 5.58. The van der Waals surface area contributed by atoms with Crippen LogP contribution in [0.5, 0.6) is 0 Å². The molecule has 2 rings (SSSR count). The zero-order valence-electron chi connectivity index (χ0n) is 14.0. The summed E-state index contributed by atoms with van der Waals surface area (Å²) in [6, 6.07) is 14.1. The molecule has 2 aromatic rings. The first kappa shape index (κ1) is 18.2. The lowest BCUT2D eigenvalue weighted by atomic mass is 10.1. The Kier molecular flexibility index (Phi) is 5.75. The summed E-state index contributed by atoms with van der Waals surface area (Å²) in [4.78, 5) is 11.9. The van der Waals surface area contributed by atoms with E-state index in [1.54, 1.807) is 18.2 Å². The number of ether oxygens (including phenoxy) is 1. The van der Waals surface area contributed by atoms with Crippen molar-refractivity contribution < 1.29 is 17.9 Å². The first-order valence-corrected chi connectivity index (χ1v) is 8.96. The first-order valence-electron chi connectivity index (χ1n) is 7.52. The van der Waals surface area contributed by atoms with Gasteiger partial charge in [-0.2, -0.15) is 4.31 Å². The van der Waals surface area contributed by atoms with E-state index in [1.807, 2.05) is 44.2 Å². The molecule has 0 aliphatic carbocycles. The minimum Gasteiger partial charge on any atom is -0.468 e. The molecular weight excluding hydrogens is 326 g/mol. The lowest BCUT2D eigenvalue weighted by Gasteiger charge is -2.21. The second-order valence-corrected chi connectivity index (χ2v) is 7.52. The van der Waals surface area contributed by atoms with Gasteiger partial charge in [-0.25, -0.2) is 8.42 Å². The summed E-state index contributed by atoms with van der Waals surface area (Å²) in [6.45, 7) is 3.55. The molecule has 0 spiro atoms. The van der Waals surface area contributed by atoms with Crippen LogP contribution in [0.3, 0.4) is 0 Å². The molecule has 0 bridgehead atoms. The Labute approximate surface area is 142 Å². The zero-order chi connectivity index (χ0) is 17.7. The van der Waals surface area contributed by atoms with Crippen LogP contribution in [-0.4, -0.2) is 32.3 Å². The Balaban J connectivity index is 2.40. The molecule has 0 aromatic heterocycles. The molecule has 0 unspecified atom stereocenters. The van der Waals surface area contributed by atoms with Gasteiger partial charge >= 0.3 is 5.97 Å². The Morgan fingerprint density at radius 2 is 1.71 bits per heavy atom. The number of benzene rings is 2. The molecule has 0 amide bonds. The van der Waals surface area contributed by atoms with Gasteiger partial charge in [-0.3, -0.25) is 4.79 Å². The molecule has 0 N–H and O–H groups in total. The number of esters is 1. The van der Waals surface area contributed by atoms with Crippen molar-refractivity contribution in [2.24, 2.45) is 0 Å². The predicted molar refractivity (Wildman–Crippen MR) is 92.0 cm³/mol. The maximum Gasteiger partial charge on any atom is 0.321 e. The van der Waals surface area contributed by atoms with Crippen LogP contribution in [0.25, 0.3) is 0 Å². The lowest BCUT2D eigenvalue weighted by molar-refractivity contribution is -0.140. The Morgan fingerprint density at radius 3 is 2.29 bits per heavy atom. The summed E-state index contributed by atoms with van der Waals surface area (Å²) in [5.74, 6) is -0.599. The SMILES string of the molecule is COC(=O)CN(Cc1ccccc1)S(=O)(=O)c1ccc(C)c(C)c1. The van der Waals surface area contributed by atoms with Crippen molar-refractivity contribution in [1.82, 2.24) is 4.31 Å². The summed E-state index contributed by atoms with van der Waals surface area (Å²) in [5, 5.41) is 0. The fourth-order valence-corrected chi connectivity index (χ4v) is 3.70. The van der Waals surface area contributed by atoms with Gasteiger partial charge in [-0.15, -0.1) is 0 Å². The van der Waals surface area contributed by atoms with Crippen LogP contribution in [0.2, 0.25) is 0 Å². The van der Waals surface area contributed by atoms with E-state index in [9.17, 15) is 13.2 Å². The molecule has 2 aromatic carbocycles. The van der Waals surface area contributed by atoms with Crippen molar-refractivity contribution >= 4 is 16.0 Å². The maximum atomic E-state index is 13.0. The molecule has 6 heteroatoms. The van der Waals surface area contributed by atoms with Crippen LogP contribution in [0.15, 0.2) is 53.4 Å². The molecular formula is C18H21NO4S. The van der Waals surface area contributed by atoms with E-state index >= 15 is 0 Å². The fraction of sp³-hybridized carbons (Fsp3) is 0.278. The molecule has 5 nitrogen and oxygen atoms in total. The minimum absolute atomic E-state index is 0.102. The van der Waals surface area contributed by atoms with Gasteiger partial charge in [0.05, 0.1) is 12.0 Å². The van der Waals surface area contributed by atoms with Gasteiger partial charge in [0, 0.05) is 6.54 Å². The third-order valence-corrected chi connectivity index (χ3v) is 5.64. The van der Waals surface area contributed by atoms with E-state index in [0.717, 1.165) is 21.0 Å². The molecule has 0 saturated carbocycles. The Bertz CT molecular complexity index is 816. The quantitative estimate of drug-likeness (QED) is 0.754. The van der Waals surface area contributed by atoms with Crippen LogP contribution >= 0.6 is 0 Å². The monoisotopic (exact) mass is 347 g/mol. The number of methoxy groups -OCH3 is 1. The summed E-state index contributed by atoms with van der Waals surface area (Å²) < 4.78 is 31.7. The highest BCUT2D eigenvalue weighted by molar-refractivity contribution is 7.89. The predicted octanol–water partition coefficient (Wildman–Crippen LogP) is 2.67. The number of nitrogens with zero attached hydrogens (tertiary/aromatic N) is 1. The molecule has 0 saturated heterocycles. The molecule has 0 atom stereocenters. The van der Waals surface area contributed by atoms with Gasteiger partial charge in [-0.1, -0.05) is 36.4 Å². The van der Waals surface area contributed by atoms with E-state index in [1.165, 1.54) is 7.11 Å². The van der Waals surface area contributed by atoms with Crippen molar-refractivity contribution in [3.05, 3.63) is 65.2 Å². The van der Waals surface area contributed by atoms with Gasteiger partial charge < -0.3 is 4.74 Å². The summed E-state index contributed by atoms with van der Waals surface area (Å²) in [5.41, 5.74) is 2.69. The van der Waals surface area contributed by atoms with Gasteiger partial charge in [0.2, 0.25) is 10.0 Å². The number of aryl methyl sites for hydroxylation is 2. The molecule has 0 heterocycles. The van der Waals surface area contributed by atoms with Crippen LogP contribution in [0.4, 0.5) is 0 Å². The zero-order valence-corrected chi connectivity index (χ0v) is 14.8. The summed E-state index contributed by atoms with van der Waals surface area (Å²) >= 11 is 0. The topological polar surface area (TPSA) is 63.7 Å². The van der Waals surface area contributed by atoms with Crippen LogP contribution < -0.4 is 0 Å². The van der Waals surface area contributed by atoms with E-state index in [4.69, 9.17) is 0 Å². The summed E-state index contributed by atoms with van der Waals surface area (Å²) in [7, 11) is -2.57. The molecule has 128 valence electrons. The molecule has 0 radical (unpaired) electrons.